The van der Waals surface area contributed by atoms with Gasteiger partial charge in [-0.25, -0.2) is 0 Å². The molecule has 3 rings (SSSR count). The third-order valence-corrected chi connectivity index (χ3v) is 4.63. The summed E-state index contributed by atoms with van der Waals surface area (Å²) in [4.78, 5) is 16.9. The molecule has 1 atom stereocenters. The second-order valence-electron chi connectivity index (χ2n) is 5.72. The average molecular weight is 303 g/mol. The number of carbonyl (C=O) groups is 1. The smallest absolute Gasteiger partial charge is 0.251 e. The van der Waals surface area contributed by atoms with E-state index in [4.69, 9.17) is 16.6 Å². The van der Waals surface area contributed by atoms with Crippen molar-refractivity contribution in [2.75, 3.05) is 0 Å². The van der Waals surface area contributed by atoms with E-state index in [1.54, 1.807) is 0 Å². The summed E-state index contributed by atoms with van der Waals surface area (Å²) in [6.45, 7) is 4.05. The maximum absolute atomic E-state index is 12.2. The Morgan fingerprint density at radius 2 is 2.24 bits per heavy atom. The predicted octanol–water partition coefficient (Wildman–Crippen LogP) is 3.91. The molecule has 0 spiro atoms. The van der Waals surface area contributed by atoms with Crippen LogP contribution in [0, 0.1) is 0 Å². The molecule has 0 fully saturated rings. The highest BCUT2D eigenvalue weighted by molar-refractivity contribution is 6.36. The molecule has 0 radical (unpaired) electrons. The highest BCUT2D eigenvalue weighted by Gasteiger charge is 2.19. The number of nitrogens with zero attached hydrogens (tertiary/aromatic N) is 1. The van der Waals surface area contributed by atoms with Gasteiger partial charge in [0.05, 0.1) is 10.5 Å². The topological polar surface area (TPSA) is 42.0 Å². The van der Waals surface area contributed by atoms with Crippen LogP contribution in [-0.4, -0.2) is 16.9 Å². The summed E-state index contributed by atoms with van der Waals surface area (Å²) in [5.41, 5.74) is 3.73. The molecule has 110 valence electrons. The van der Waals surface area contributed by atoms with Crippen molar-refractivity contribution >= 4 is 28.4 Å². The number of hydrogen-bond acceptors (Lipinski definition) is 2. The van der Waals surface area contributed by atoms with Crippen molar-refractivity contribution in [1.82, 2.24) is 10.3 Å². The quantitative estimate of drug-likeness (QED) is 0.934. The molecule has 1 amide bonds. The lowest BCUT2D eigenvalue weighted by molar-refractivity contribution is 0.0939. The summed E-state index contributed by atoms with van der Waals surface area (Å²) >= 11 is 6.49. The normalized spacial score (nSPS) is 15.0. The highest BCUT2D eigenvalue weighted by atomic mass is 35.5. The fourth-order valence-electron chi connectivity index (χ4n) is 2.76. The second kappa shape index (κ2) is 5.64. The lowest BCUT2D eigenvalue weighted by Crippen LogP contribution is -2.31. The van der Waals surface area contributed by atoms with Crippen molar-refractivity contribution in [2.24, 2.45) is 0 Å². The van der Waals surface area contributed by atoms with Gasteiger partial charge >= 0.3 is 0 Å². The minimum absolute atomic E-state index is 0.0512. The molecule has 1 aromatic heterocycles. The number of amides is 1. The van der Waals surface area contributed by atoms with Gasteiger partial charge in [-0.15, -0.1) is 0 Å². The van der Waals surface area contributed by atoms with Crippen molar-refractivity contribution in [2.45, 2.75) is 45.6 Å². The van der Waals surface area contributed by atoms with Gasteiger partial charge in [0.25, 0.3) is 5.91 Å². The van der Waals surface area contributed by atoms with E-state index in [1.807, 2.05) is 25.1 Å². The zero-order chi connectivity index (χ0) is 15.0. The Hall–Kier alpha value is -1.61. The SMILES string of the molecule is CC[C@H](C)NC(=O)c1ccc2c(Cl)c3c(nc2c1)CCC3. The van der Waals surface area contributed by atoms with Gasteiger partial charge < -0.3 is 5.32 Å². The molecule has 0 saturated heterocycles. The van der Waals surface area contributed by atoms with Gasteiger partial charge in [0.15, 0.2) is 0 Å². The van der Waals surface area contributed by atoms with Gasteiger partial charge in [0.1, 0.15) is 0 Å². The van der Waals surface area contributed by atoms with Crippen LogP contribution in [0.2, 0.25) is 5.02 Å². The van der Waals surface area contributed by atoms with Crippen LogP contribution >= 0.6 is 11.6 Å². The number of benzene rings is 1. The summed E-state index contributed by atoms with van der Waals surface area (Å²) in [7, 11) is 0. The number of halogens is 1. The Morgan fingerprint density at radius 1 is 1.43 bits per heavy atom. The van der Waals surface area contributed by atoms with Crippen LogP contribution in [0.3, 0.4) is 0 Å². The number of pyridine rings is 1. The Kier molecular flexibility index (Phi) is 3.85. The Balaban J connectivity index is 2.01. The van der Waals surface area contributed by atoms with Gasteiger partial charge in [-0.3, -0.25) is 9.78 Å². The zero-order valence-corrected chi connectivity index (χ0v) is 13.1. The van der Waals surface area contributed by atoms with Gasteiger partial charge in [0, 0.05) is 22.7 Å². The Bertz CT molecular complexity index is 711. The number of aryl methyl sites for hydroxylation is 1. The van der Waals surface area contributed by atoms with Gasteiger partial charge in [-0.1, -0.05) is 24.6 Å². The first-order valence-corrected chi connectivity index (χ1v) is 7.89. The number of aromatic nitrogens is 1. The molecule has 0 saturated carbocycles. The third kappa shape index (κ3) is 2.62. The largest absolute Gasteiger partial charge is 0.350 e. The Labute approximate surface area is 129 Å². The summed E-state index contributed by atoms with van der Waals surface area (Å²) in [5, 5.41) is 4.73. The molecule has 1 N–H and O–H groups in total. The van der Waals surface area contributed by atoms with Crippen LogP contribution in [0.4, 0.5) is 0 Å². The molecular formula is C17H19ClN2O. The number of carbonyl (C=O) groups excluding carboxylic acids is 1. The standard InChI is InChI=1S/C17H19ClN2O/c1-3-10(2)19-17(21)11-7-8-13-15(9-11)20-14-6-4-5-12(14)16(13)18/h7-10H,3-6H2,1-2H3,(H,19,21)/t10-/m0/s1. The van der Waals surface area contributed by atoms with Gasteiger partial charge in [-0.2, -0.15) is 0 Å². The van der Waals surface area contributed by atoms with Crippen molar-refractivity contribution in [3.05, 3.63) is 40.0 Å². The molecule has 4 heteroatoms. The van der Waals surface area contributed by atoms with Crippen molar-refractivity contribution in [1.29, 1.82) is 0 Å². The number of nitrogens with one attached hydrogen (secondary N) is 1. The van der Waals surface area contributed by atoms with E-state index in [0.717, 1.165) is 47.3 Å². The predicted molar refractivity (Wildman–Crippen MR) is 86.0 cm³/mol. The monoisotopic (exact) mass is 302 g/mol. The molecule has 21 heavy (non-hydrogen) atoms. The maximum Gasteiger partial charge on any atom is 0.251 e. The van der Waals surface area contributed by atoms with Crippen LogP contribution in [0.5, 0.6) is 0 Å². The molecule has 0 aliphatic heterocycles. The van der Waals surface area contributed by atoms with Crippen LogP contribution in [0.25, 0.3) is 10.9 Å². The van der Waals surface area contributed by atoms with Crippen molar-refractivity contribution < 1.29 is 4.79 Å². The average Bonchev–Trinajstić information content (AvgIpc) is 2.95. The summed E-state index contributed by atoms with van der Waals surface area (Å²) < 4.78 is 0. The molecule has 1 aliphatic carbocycles. The molecule has 1 aliphatic rings. The molecule has 2 aromatic rings. The van der Waals surface area contributed by atoms with E-state index in [9.17, 15) is 4.79 Å². The molecule has 3 nitrogen and oxygen atoms in total. The first-order valence-electron chi connectivity index (χ1n) is 7.52. The minimum atomic E-state index is -0.0512. The fourth-order valence-corrected chi connectivity index (χ4v) is 3.12. The number of fused-ring (bicyclic) bond motifs is 2. The fraction of sp³-hybridized carbons (Fsp3) is 0.412. The van der Waals surface area contributed by atoms with Crippen LogP contribution in [-0.2, 0) is 12.8 Å². The van der Waals surface area contributed by atoms with Crippen LogP contribution < -0.4 is 5.32 Å². The summed E-state index contributed by atoms with van der Waals surface area (Å²) in [6, 6.07) is 5.76. The highest BCUT2D eigenvalue weighted by Crippen LogP contribution is 2.33. The number of hydrogen-bond donors (Lipinski definition) is 1. The van der Waals surface area contributed by atoms with Gasteiger partial charge in [0.2, 0.25) is 0 Å². The maximum atomic E-state index is 12.2. The lowest BCUT2D eigenvalue weighted by atomic mass is 10.1. The Morgan fingerprint density at radius 3 is 3.00 bits per heavy atom. The molecule has 0 unspecified atom stereocenters. The molecule has 0 bridgehead atoms. The van der Waals surface area contributed by atoms with E-state index in [-0.39, 0.29) is 11.9 Å². The number of rotatable bonds is 3. The van der Waals surface area contributed by atoms with Crippen LogP contribution in [0.1, 0.15) is 48.3 Å². The summed E-state index contributed by atoms with van der Waals surface area (Å²) in [6.07, 6.45) is 4.01. The molecular weight excluding hydrogens is 284 g/mol. The molecule has 1 heterocycles. The van der Waals surface area contributed by atoms with E-state index in [1.165, 1.54) is 5.56 Å². The zero-order valence-electron chi connectivity index (χ0n) is 12.4. The van der Waals surface area contributed by atoms with Crippen molar-refractivity contribution in [3.8, 4) is 0 Å². The first-order chi connectivity index (χ1) is 10.1. The van der Waals surface area contributed by atoms with E-state index >= 15 is 0 Å². The van der Waals surface area contributed by atoms with E-state index in [0.29, 0.717) is 5.56 Å². The third-order valence-electron chi connectivity index (χ3n) is 4.20. The molecule has 1 aromatic carbocycles. The second-order valence-corrected chi connectivity index (χ2v) is 6.10. The summed E-state index contributed by atoms with van der Waals surface area (Å²) in [5.74, 6) is -0.0512. The van der Waals surface area contributed by atoms with E-state index < -0.39 is 0 Å². The van der Waals surface area contributed by atoms with Crippen LogP contribution in [0.15, 0.2) is 18.2 Å². The van der Waals surface area contributed by atoms with E-state index in [2.05, 4.69) is 12.2 Å². The van der Waals surface area contributed by atoms with Crippen molar-refractivity contribution in [3.63, 3.8) is 0 Å². The minimum Gasteiger partial charge on any atom is -0.350 e. The van der Waals surface area contributed by atoms with Gasteiger partial charge in [-0.05, 0) is 50.3 Å². The first kappa shape index (κ1) is 14.3. The lowest BCUT2D eigenvalue weighted by Gasteiger charge is -2.12.